The Kier molecular flexibility index (Phi) is 3.91. The van der Waals surface area contributed by atoms with Crippen molar-refractivity contribution in [1.29, 1.82) is 0 Å². The fraction of sp³-hybridized carbons (Fsp3) is 0.875. The van der Waals surface area contributed by atoms with Crippen LogP contribution in [0.5, 0.6) is 0 Å². The van der Waals surface area contributed by atoms with Crippen LogP contribution < -0.4 is 0 Å². The Labute approximate surface area is 111 Å². The van der Waals surface area contributed by atoms with Crippen molar-refractivity contribution in [3.05, 3.63) is 0 Å². The van der Waals surface area contributed by atoms with E-state index in [0.29, 0.717) is 18.1 Å². The van der Waals surface area contributed by atoms with Crippen LogP contribution in [0.1, 0.15) is 51.4 Å². The fourth-order valence-corrected chi connectivity index (χ4v) is 4.05. The number of rotatable bonds is 1. The van der Waals surface area contributed by atoms with Crippen molar-refractivity contribution in [3.63, 3.8) is 0 Å². The molecule has 0 radical (unpaired) electrons. The second-order valence-electron chi connectivity index (χ2n) is 6.33. The first-order valence-corrected chi connectivity index (χ1v) is 7.68. The number of hydrogen-bond donors (Lipinski definition) is 0. The van der Waals surface area contributed by atoms with E-state index in [4.69, 9.17) is 11.2 Å². The van der Waals surface area contributed by atoms with Crippen molar-refractivity contribution >= 4 is 0 Å². The highest BCUT2D eigenvalue weighted by Crippen LogP contribution is 2.34. The zero-order valence-corrected chi connectivity index (χ0v) is 11.3. The summed E-state index contributed by atoms with van der Waals surface area (Å²) < 4.78 is 6.09. The lowest BCUT2D eigenvalue weighted by Gasteiger charge is -2.45. The highest BCUT2D eigenvalue weighted by Gasteiger charge is 2.35. The first-order valence-electron chi connectivity index (χ1n) is 7.68. The van der Waals surface area contributed by atoms with Crippen LogP contribution in [0.25, 0.3) is 0 Å². The summed E-state index contributed by atoms with van der Waals surface area (Å²) in [6, 6.07) is 0.683. The van der Waals surface area contributed by atoms with Gasteiger partial charge in [-0.2, -0.15) is 0 Å². The quantitative estimate of drug-likeness (QED) is 0.660. The second kappa shape index (κ2) is 5.63. The third-order valence-corrected chi connectivity index (χ3v) is 5.16. The summed E-state index contributed by atoms with van der Waals surface area (Å²) in [6.45, 7) is 2.11. The van der Waals surface area contributed by atoms with E-state index >= 15 is 0 Å². The monoisotopic (exact) mass is 247 g/mol. The van der Waals surface area contributed by atoms with Gasteiger partial charge in [0.15, 0.2) is 0 Å². The number of ether oxygens (including phenoxy) is 1. The molecular weight excluding hydrogens is 222 g/mol. The van der Waals surface area contributed by atoms with Crippen molar-refractivity contribution in [2.24, 2.45) is 11.8 Å². The Morgan fingerprint density at radius 1 is 1.06 bits per heavy atom. The van der Waals surface area contributed by atoms with Crippen LogP contribution in [0.3, 0.4) is 0 Å². The smallest absolute Gasteiger partial charge is 0.0996 e. The maximum absolute atomic E-state index is 6.09. The molecular formula is C16H25NO. The van der Waals surface area contributed by atoms with E-state index in [0.717, 1.165) is 12.6 Å². The molecule has 18 heavy (non-hydrogen) atoms. The molecule has 0 aromatic heterocycles. The molecule has 0 amide bonds. The van der Waals surface area contributed by atoms with Gasteiger partial charge in [0.1, 0.15) is 0 Å². The van der Waals surface area contributed by atoms with E-state index in [2.05, 4.69) is 10.8 Å². The van der Waals surface area contributed by atoms with Crippen molar-refractivity contribution in [3.8, 4) is 12.3 Å². The largest absolute Gasteiger partial charge is 0.363 e. The van der Waals surface area contributed by atoms with E-state index in [1.807, 2.05) is 0 Å². The maximum Gasteiger partial charge on any atom is 0.0996 e. The molecule has 4 atom stereocenters. The molecule has 3 fully saturated rings. The van der Waals surface area contributed by atoms with Gasteiger partial charge in [0.2, 0.25) is 0 Å². The average Bonchev–Trinajstić information content (AvgIpc) is 2.47. The zero-order chi connectivity index (χ0) is 12.4. The summed E-state index contributed by atoms with van der Waals surface area (Å²) in [7, 11) is 0. The van der Waals surface area contributed by atoms with Crippen molar-refractivity contribution in [1.82, 2.24) is 4.90 Å². The lowest BCUT2D eigenvalue weighted by Crippen LogP contribution is -2.51. The molecule has 2 saturated carbocycles. The van der Waals surface area contributed by atoms with Crippen LogP contribution in [0.15, 0.2) is 0 Å². The lowest BCUT2D eigenvalue weighted by molar-refractivity contribution is -0.134. The topological polar surface area (TPSA) is 12.5 Å². The highest BCUT2D eigenvalue weighted by atomic mass is 16.5. The van der Waals surface area contributed by atoms with Crippen molar-refractivity contribution < 1.29 is 4.74 Å². The highest BCUT2D eigenvalue weighted by molar-refractivity contribution is 4.98. The molecule has 3 aliphatic rings. The Morgan fingerprint density at radius 2 is 1.94 bits per heavy atom. The molecule has 1 heterocycles. The van der Waals surface area contributed by atoms with E-state index in [9.17, 15) is 0 Å². The van der Waals surface area contributed by atoms with Gasteiger partial charge in [-0.3, -0.25) is 4.90 Å². The standard InChI is InChI=1S/C16H25NO/c1-2-13-6-5-8-15(10-13)17-11-14-7-3-4-9-16(14)18-12-17/h1,13-16H,3-12H2. The predicted molar refractivity (Wildman–Crippen MR) is 73.0 cm³/mol. The van der Waals surface area contributed by atoms with Crippen molar-refractivity contribution in [2.45, 2.75) is 63.5 Å². The van der Waals surface area contributed by atoms with Crippen LogP contribution in [-0.4, -0.2) is 30.3 Å². The molecule has 0 aromatic carbocycles. The summed E-state index contributed by atoms with van der Waals surface area (Å²) in [4.78, 5) is 2.58. The van der Waals surface area contributed by atoms with Gasteiger partial charge in [-0.05, 0) is 38.0 Å². The number of fused-ring (bicyclic) bond motifs is 1. The molecule has 0 N–H and O–H groups in total. The van der Waals surface area contributed by atoms with E-state index in [-0.39, 0.29) is 0 Å². The lowest BCUT2D eigenvalue weighted by atomic mass is 9.82. The first kappa shape index (κ1) is 12.5. The Bertz CT molecular complexity index is 322. The number of terminal acetylenes is 1. The minimum Gasteiger partial charge on any atom is -0.363 e. The number of hydrogen-bond acceptors (Lipinski definition) is 2. The third-order valence-electron chi connectivity index (χ3n) is 5.16. The molecule has 1 saturated heterocycles. The Balaban J connectivity index is 1.58. The van der Waals surface area contributed by atoms with Gasteiger partial charge in [0.25, 0.3) is 0 Å². The maximum atomic E-state index is 6.09. The molecule has 2 heteroatoms. The summed E-state index contributed by atoms with van der Waals surface area (Å²) in [5.41, 5.74) is 0. The van der Waals surface area contributed by atoms with Gasteiger partial charge in [-0.1, -0.05) is 19.3 Å². The Hall–Kier alpha value is -0.520. The molecule has 2 nitrogen and oxygen atoms in total. The van der Waals surface area contributed by atoms with Gasteiger partial charge >= 0.3 is 0 Å². The first-order chi connectivity index (χ1) is 8.86. The van der Waals surface area contributed by atoms with E-state index in [1.165, 1.54) is 57.9 Å². The summed E-state index contributed by atoms with van der Waals surface area (Å²) in [5, 5.41) is 0. The van der Waals surface area contributed by atoms with Crippen LogP contribution in [0.4, 0.5) is 0 Å². The Morgan fingerprint density at radius 3 is 2.83 bits per heavy atom. The van der Waals surface area contributed by atoms with Crippen LogP contribution in [0.2, 0.25) is 0 Å². The second-order valence-corrected chi connectivity index (χ2v) is 6.33. The van der Waals surface area contributed by atoms with Gasteiger partial charge in [0, 0.05) is 18.5 Å². The fourth-order valence-electron chi connectivity index (χ4n) is 4.05. The minimum absolute atomic E-state index is 0.507. The minimum atomic E-state index is 0.507. The van der Waals surface area contributed by atoms with Crippen LogP contribution >= 0.6 is 0 Å². The molecule has 0 aromatic rings. The molecule has 100 valence electrons. The van der Waals surface area contributed by atoms with Gasteiger partial charge in [0.05, 0.1) is 12.8 Å². The van der Waals surface area contributed by atoms with E-state index in [1.54, 1.807) is 0 Å². The molecule has 2 aliphatic carbocycles. The average molecular weight is 247 g/mol. The molecule has 4 unspecified atom stereocenters. The summed E-state index contributed by atoms with van der Waals surface area (Å²) in [6.07, 6.45) is 16.6. The van der Waals surface area contributed by atoms with Crippen LogP contribution in [-0.2, 0) is 4.74 Å². The van der Waals surface area contributed by atoms with Crippen LogP contribution in [0, 0.1) is 24.2 Å². The van der Waals surface area contributed by atoms with E-state index < -0.39 is 0 Å². The zero-order valence-electron chi connectivity index (χ0n) is 11.3. The summed E-state index contributed by atoms with van der Waals surface area (Å²) >= 11 is 0. The third kappa shape index (κ3) is 2.58. The van der Waals surface area contributed by atoms with Gasteiger partial charge < -0.3 is 4.74 Å². The molecule has 0 bridgehead atoms. The van der Waals surface area contributed by atoms with Crippen molar-refractivity contribution in [2.75, 3.05) is 13.3 Å². The van der Waals surface area contributed by atoms with Gasteiger partial charge in [-0.15, -0.1) is 12.3 Å². The summed E-state index contributed by atoms with van der Waals surface area (Å²) in [5.74, 6) is 4.26. The molecule has 0 spiro atoms. The molecule has 3 rings (SSSR count). The SMILES string of the molecule is C#CC1CCCC(N2COC3CCCCC3C2)C1. The normalized spacial score (nSPS) is 41.9. The number of nitrogens with zero attached hydrogens (tertiary/aromatic N) is 1. The molecule has 1 aliphatic heterocycles. The van der Waals surface area contributed by atoms with Gasteiger partial charge in [-0.25, -0.2) is 0 Å². The predicted octanol–water partition coefficient (Wildman–Crippen LogP) is 3.03.